The van der Waals surface area contributed by atoms with Gasteiger partial charge in [0.2, 0.25) is 5.91 Å². The fourth-order valence-electron chi connectivity index (χ4n) is 2.39. The topological polar surface area (TPSA) is 54.0 Å². The molecule has 0 saturated carbocycles. The van der Waals surface area contributed by atoms with Gasteiger partial charge in [-0.05, 0) is 24.3 Å². The zero-order valence-electron chi connectivity index (χ0n) is 12.7. The number of nitrogens with zero attached hydrogens (tertiary/aromatic N) is 1. The Hall–Kier alpha value is -3.02. The normalized spacial score (nSPS) is 10.6. The SMILES string of the molecule is O=C(CCNc1ccnc2c(F)cc(F)cc12)Nc1ccccc1. The number of fused-ring (bicyclic) bond motifs is 1. The third kappa shape index (κ3) is 3.65. The van der Waals surface area contributed by atoms with Gasteiger partial charge in [-0.3, -0.25) is 9.78 Å². The summed E-state index contributed by atoms with van der Waals surface area (Å²) in [4.78, 5) is 15.8. The fourth-order valence-corrected chi connectivity index (χ4v) is 2.39. The monoisotopic (exact) mass is 327 g/mol. The van der Waals surface area contributed by atoms with E-state index >= 15 is 0 Å². The van der Waals surface area contributed by atoms with E-state index in [4.69, 9.17) is 0 Å². The number of amides is 1. The zero-order valence-corrected chi connectivity index (χ0v) is 12.7. The molecule has 6 heteroatoms. The van der Waals surface area contributed by atoms with Crippen LogP contribution < -0.4 is 10.6 Å². The van der Waals surface area contributed by atoms with E-state index < -0.39 is 11.6 Å². The summed E-state index contributed by atoms with van der Waals surface area (Å²) < 4.78 is 27.1. The lowest BCUT2D eigenvalue weighted by molar-refractivity contribution is -0.115. The molecule has 0 saturated heterocycles. The lowest BCUT2D eigenvalue weighted by Gasteiger charge is -2.10. The van der Waals surface area contributed by atoms with Crippen LogP contribution in [0.4, 0.5) is 20.2 Å². The first-order valence-electron chi connectivity index (χ1n) is 7.46. The molecule has 1 heterocycles. The average molecular weight is 327 g/mol. The predicted molar refractivity (Wildman–Crippen MR) is 89.8 cm³/mol. The maximum absolute atomic E-state index is 13.7. The smallest absolute Gasteiger partial charge is 0.226 e. The van der Waals surface area contributed by atoms with E-state index in [9.17, 15) is 13.6 Å². The van der Waals surface area contributed by atoms with E-state index in [1.807, 2.05) is 18.2 Å². The molecule has 0 aliphatic heterocycles. The van der Waals surface area contributed by atoms with E-state index in [1.165, 1.54) is 12.3 Å². The lowest BCUT2D eigenvalue weighted by atomic mass is 10.1. The van der Waals surface area contributed by atoms with Gasteiger partial charge in [-0.2, -0.15) is 0 Å². The van der Waals surface area contributed by atoms with Crippen molar-refractivity contribution in [3.63, 3.8) is 0 Å². The van der Waals surface area contributed by atoms with Crippen molar-refractivity contribution in [2.24, 2.45) is 0 Å². The molecular formula is C18H15F2N3O. The van der Waals surface area contributed by atoms with E-state index in [0.717, 1.165) is 11.8 Å². The highest BCUT2D eigenvalue weighted by atomic mass is 19.1. The fraction of sp³-hybridized carbons (Fsp3) is 0.111. The Balaban J connectivity index is 1.65. The van der Waals surface area contributed by atoms with Crippen molar-refractivity contribution < 1.29 is 13.6 Å². The van der Waals surface area contributed by atoms with Gasteiger partial charge in [0.05, 0.1) is 0 Å². The third-order valence-electron chi connectivity index (χ3n) is 3.49. The summed E-state index contributed by atoms with van der Waals surface area (Å²) in [7, 11) is 0. The molecule has 0 unspecified atom stereocenters. The first-order chi connectivity index (χ1) is 11.6. The molecule has 2 N–H and O–H groups in total. The summed E-state index contributed by atoms with van der Waals surface area (Å²) >= 11 is 0. The van der Waals surface area contributed by atoms with E-state index in [-0.39, 0.29) is 17.8 Å². The van der Waals surface area contributed by atoms with Crippen LogP contribution in [-0.2, 0) is 4.79 Å². The van der Waals surface area contributed by atoms with Crippen LogP contribution in [0, 0.1) is 11.6 Å². The molecule has 0 atom stereocenters. The quantitative estimate of drug-likeness (QED) is 0.746. The lowest BCUT2D eigenvalue weighted by Crippen LogP contribution is -2.16. The predicted octanol–water partition coefficient (Wildman–Crippen LogP) is 3.95. The molecule has 1 amide bonds. The highest BCUT2D eigenvalue weighted by Crippen LogP contribution is 2.24. The number of halogens is 2. The molecule has 0 spiro atoms. The van der Waals surface area contributed by atoms with Gasteiger partial charge < -0.3 is 10.6 Å². The molecule has 0 aliphatic carbocycles. The maximum Gasteiger partial charge on any atom is 0.226 e. The molecular weight excluding hydrogens is 312 g/mol. The number of rotatable bonds is 5. The van der Waals surface area contributed by atoms with Gasteiger partial charge in [-0.25, -0.2) is 8.78 Å². The number of aromatic nitrogens is 1. The van der Waals surface area contributed by atoms with Gasteiger partial charge in [0.1, 0.15) is 11.3 Å². The van der Waals surface area contributed by atoms with Crippen molar-refractivity contribution in [3.8, 4) is 0 Å². The molecule has 3 aromatic rings. The summed E-state index contributed by atoms with van der Waals surface area (Å²) in [6, 6.07) is 12.8. The Kier molecular flexibility index (Phi) is 4.65. The molecule has 122 valence electrons. The number of hydrogen-bond acceptors (Lipinski definition) is 3. The van der Waals surface area contributed by atoms with Crippen LogP contribution >= 0.6 is 0 Å². The average Bonchev–Trinajstić information content (AvgIpc) is 2.56. The second-order valence-corrected chi connectivity index (χ2v) is 5.23. The molecule has 2 aromatic carbocycles. The van der Waals surface area contributed by atoms with Gasteiger partial charge in [-0.1, -0.05) is 18.2 Å². The number of carbonyl (C=O) groups excluding carboxylic acids is 1. The van der Waals surface area contributed by atoms with E-state index in [2.05, 4.69) is 15.6 Å². The number of para-hydroxylation sites is 1. The first kappa shape index (κ1) is 15.9. The minimum atomic E-state index is -0.713. The molecule has 4 nitrogen and oxygen atoms in total. The number of benzene rings is 2. The van der Waals surface area contributed by atoms with Gasteiger partial charge in [0.25, 0.3) is 0 Å². The summed E-state index contributed by atoms with van der Waals surface area (Å²) in [6.07, 6.45) is 1.66. The minimum absolute atomic E-state index is 0.0927. The Bertz CT molecular complexity index is 869. The van der Waals surface area contributed by atoms with Crippen LogP contribution in [0.3, 0.4) is 0 Å². The van der Waals surface area contributed by atoms with Crippen molar-refractivity contribution in [1.29, 1.82) is 0 Å². The van der Waals surface area contributed by atoms with Crippen LogP contribution in [0.15, 0.2) is 54.7 Å². The molecule has 0 bridgehead atoms. The molecule has 3 rings (SSSR count). The highest BCUT2D eigenvalue weighted by Gasteiger charge is 2.09. The highest BCUT2D eigenvalue weighted by molar-refractivity contribution is 5.93. The van der Waals surface area contributed by atoms with Gasteiger partial charge >= 0.3 is 0 Å². The van der Waals surface area contributed by atoms with Crippen molar-refractivity contribution >= 4 is 28.2 Å². The molecule has 1 aromatic heterocycles. The Morgan fingerprint density at radius 2 is 1.88 bits per heavy atom. The van der Waals surface area contributed by atoms with Crippen molar-refractivity contribution in [1.82, 2.24) is 4.98 Å². The molecule has 0 fully saturated rings. The Morgan fingerprint density at radius 1 is 1.08 bits per heavy atom. The number of carbonyl (C=O) groups is 1. The van der Waals surface area contributed by atoms with Gasteiger partial charge in [0.15, 0.2) is 5.82 Å². The van der Waals surface area contributed by atoms with Crippen LogP contribution in [0.1, 0.15) is 6.42 Å². The summed E-state index contributed by atoms with van der Waals surface area (Å²) in [5, 5.41) is 6.14. The number of anilines is 2. The third-order valence-corrected chi connectivity index (χ3v) is 3.49. The number of nitrogens with one attached hydrogen (secondary N) is 2. The summed E-state index contributed by atoms with van der Waals surface area (Å²) in [5.41, 5.74) is 1.35. The molecule has 0 radical (unpaired) electrons. The van der Waals surface area contributed by atoms with Crippen molar-refractivity contribution in [2.45, 2.75) is 6.42 Å². The van der Waals surface area contributed by atoms with E-state index in [0.29, 0.717) is 17.6 Å². The molecule has 0 aliphatic rings. The second-order valence-electron chi connectivity index (χ2n) is 5.23. The Morgan fingerprint density at radius 3 is 2.67 bits per heavy atom. The Labute approximate surface area is 137 Å². The summed E-state index contributed by atoms with van der Waals surface area (Å²) in [5.74, 6) is -1.53. The van der Waals surface area contributed by atoms with Crippen LogP contribution in [0.25, 0.3) is 10.9 Å². The first-order valence-corrected chi connectivity index (χ1v) is 7.46. The van der Waals surface area contributed by atoms with Crippen LogP contribution in [0.5, 0.6) is 0 Å². The van der Waals surface area contributed by atoms with Crippen LogP contribution in [0.2, 0.25) is 0 Å². The largest absolute Gasteiger partial charge is 0.384 e. The standard InChI is InChI=1S/C18H15F2N3O/c19-12-10-14-16(6-8-22-18(14)15(20)11-12)21-9-7-17(24)23-13-4-2-1-3-5-13/h1-6,8,10-11H,7,9H2,(H,21,22)(H,23,24). The number of pyridine rings is 1. The second kappa shape index (κ2) is 7.04. The van der Waals surface area contributed by atoms with E-state index in [1.54, 1.807) is 18.2 Å². The van der Waals surface area contributed by atoms with Gasteiger partial charge in [0, 0.05) is 42.0 Å². The molecule has 24 heavy (non-hydrogen) atoms. The van der Waals surface area contributed by atoms with Crippen molar-refractivity contribution in [2.75, 3.05) is 17.2 Å². The zero-order chi connectivity index (χ0) is 16.9. The summed E-state index contributed by atoms with van der Waals surface area (Å²) in [6.45, 7) is 0.329. The van der Waals surface area contributed by atoms with Gasteiger partial charge in [-0.15, -0.1) is 0 Å². The minimum Gasteiger partial charge on any atom is -0.384 e. The van der Waals surface area contributed by atoms with Crippen molar-refractivity contribution in [3.05, 3.63) is 66.4 Å². The maximum atomic E-state index is 13.7. The number of hydrogen-bond donors (Lipinski definition) is 2. The van der Waals surface area contributed by atoms with Crippen LogP contribution in [-0.4, -0.2) is 17.4 Å².